The largest absolute Gasteiger partial charge is 0.459 e. The van der Waals surface area contributed by atoms with Gasteiger partial charge in [-0.3, -0.25) is 9.05 Å². The smallest absolute Gasteiger partial charge is 0.291 e. The van der Waals surface area contributed by atoms with Crippen LogP contribution in [0.5, 0.6) is 11.5 Å². The first-order valence-electron chi connectivity index (χ1n) is 8.11. The molecule has 0 amide bonds. The van der Waals surface area contributed by atoms with Gasteiger partial charge in [0, 0.05) is 0 Å². The molecule has 124 valence electrons. The van der Waals surface area contributed by atoms with Gasteiger partial charge in [0.15, 0.2) is 22.7 Å². The zero-order chi connectivity index (χ0) is 16.7. The van der Waals surface area contributed by atoms with Crippen molar-refractivity contribution in [3.05, 3.63) is 59.7 Å². The van der Waals surface area contributed by atoms with E-state index in [-0.39, 0.29) is 0 Å². The maximum atomic E-state index is 6.82. The molecule has 4 heteroatoms. The summed E-state index contributed by atoms with van der Waals surface area (Å²) in [4.78, 5) is 0. The Kier molecular flexibility index (Phi) is 6.74. The highest BCUT2D eigenvalue weighted by molar-refractivity contribution is 7.92. The molecule has 0 saturated carbocycles. The molecule has 0 atom stereocenters. The van der Waals surface area contributed by atoms with Crippen molar-refractivity contribution < 1.29 is 9.05 Å². The Bertz CT molecular complexity index is 583. The summed E-state index contributed by atoms with van der Waals surface area (Å²) < 4.78 is 12.3. The molecule has 0 saturated heterocycles. The molecular weight excluding hydrogens is 327 g/mol. The Labute approximate surface area is 145 Å². The maximum absolute atomic E-state index is 6.82. The third kappa shape index (κ3) is 6.05. The van der Waals surface area contributed by atoms with Crippen molar-refractivity contribution in [3.63, 3.8) is 0 Å². The molecule has 0 aliphatic rings. The quantitative estimate of drug-likeness (QED) is 0.378. The van der Waals surface area contributed by atoms with Crippen LogP contribution in [0.15, 0.2) is 48.5 Å². The highest BCUT2D eigenvalue weighted by atomic mass is 35.7. The average molecular weight is 352 g/mol. The first-order valence-corrected chi connectivity index (χ1v) is 10.8. The first kappa shape index (κ1) is 18.1. The second-order valence-electron chi connectivity index (χ2n) is 5.84. The minimum absolute atomic E-state index is 0.740. The van der Waals surface area contributed by atoms with Gasteiger partial charge in [-0.1, -0.05) is 37.6 Å². The van der Waals surface area contributed by atoms with Crippen molar-refractivity contribution >= 4 is 18.3 Å². The molecule has 0 aliphatic heterocycles. The summed E-state index contributed by atoms with van der Waals surface area (Å²) in [5.41, 5.74) is 2.30. The van der Waals surface area contributed by atoms with E-state index >= 15 is 0 Å². The lowest BCUT2D eigenvalue weighted by atomic mass is 10.2. The van der Waals surface area contributed by atoms with Gasteiger partial charge in [-0.05, 0) is 62.1 Å². The number of rotatable bonds is 8. The third-order valence-electron chi connectivity index (χ3n) is 3.49. The Balaban J connectivity index is 2.16. The molecule has 0 N–H and O–H groups in total. The van der Waals surface area contributed by atoms with Crippen molar-refractivity contribution in [2.75, 3.05) is 6.16 Å². The van der Waals surface area contributed by atoms with Gasteiger partial charge < -0.3 is 0 Å². The predicted octanol–water partition coefficient (Wildman–Crippen LogP) is 6.95. The lowest BCUT2D eigenvalue weighted by Crippen LogP contribution is -2.08. The fourth-order valence-corrected chi connectivity index (χ4v) is 4.83. The number of aryl methyl sites for hydroxylation is 2. The number of hydrogen-bond acceptors (Lipinski definition) is 2. The van der Waals surface area contributed by atoms with E-state index in [9.17, 15) is 0 Å². The van der Waals surface area contributed by atoms with E-state index in [1.54, 1.807) is 0 Å². The minimum atomic E-state index is -2.51. The molecule has 0 radical (unpaired) electrons. The van der Waals surface area contributed by atoms with Crippen LogP contribution >= 0.6 is 18.3 Å². The summed E-state index contributed by atoms with van der Waals surface area (Å²) in [6.07, 6.45) is 4.02. The molecule has 23 heavy (non-hydrogen) atoms. The highest BCUT2D eigenvalue weighted by Crippen LogP contribution is 2.65. The van der Waals surface area contributed by atoms with Crippen LogP contribution in [-0.2, 0) is 0 Å². The summed E-state index contributed by atoms with van der Waals surface area (Å²) in [5, 5.41) is 0. The van der Waals surface area contributed by atoms with Gasteiger partial charge in [0.05, 0.1) is 0 Å². The zero-order valence-corrected chi connectivity index (χ0v) is 15.7. The summed E-state index contributed by atoms with van der Waals surface area (Å²) in [5.74, 6) is 1.55. The molecule has 2 aromatic rings. The van der Waals surface area contributed by atoms with Crippen LogP contribution in [0.1, 0.15) is 37.3 Å². The van der Waals surface area contributed by atoms with Crippen LogP contribution in [0.3, 0.4) is 0 Å². The van der Waals surface area contributed by atoms with Gasteiger partial charge in [-0.15, -0.1) is 0 Å². The van der Waals surface area contributed by atoms with Crippen molar-refractivity contribution in [1.82, 2.24) is 0 Å². The third-order valence-corrected chi connectivity index (χ3v) is 6.23. The molecule has 2 rings (SSSR count). The fourth-order valence-electron chi connectivity index (χ4n) is 2.32. The van der Waals surface area contributed by atoms with Crippen molar-refractivity contribution in [3.8, 4) is 11.5 Å². The predicted molar refractivity (Wildman–Crippen MR) is 101 cm³/mol. The van der Waals surface area contributed by atoms with Gasteiger partial charge in [0.25, 0.3) is 0 Å². The topological polar surface area (TPSA) is 18.5 Å². The van der Waals surface area contributed by atoms with Gasteiger partial charge in [0.1, 0.15) is 6.16 Å². The van der Waals surface area contributed by atoms with E-state index < -0.39 is 7.07 Å². The van der Waals surface area contributed by atoms with Crippen LogP contribution in [0, 0.1) is 13.8 Å². The Morgan fingerprint density at radius 2 is 1.39 bits per heavy atom. The van der Waals surface area contributed by atoms with Gasteiger partial charge in [-0.2, -0.15) is 0 Å². The van der Waals surface area contributed by atoms with Crippen LogP contribution in [0.25, 0.3) is 0 Å². The van der Waals surface area contributed by atoms with Crippen LogP contribution < -0.4 is 9.05 Å². The van der Waals surface area contributed by atoms with Gasteiger partial charge >= 0.3 is 7.07 Å². The second-order valence-corrected chi connectivity index (χ2v) is 9.37. The summed E-state index contributed by atoms with van der Waals surface area (Å²) in [7, 11) is -2.51. The van der Waals surface area contributed by atoms with Crippen molar-refractivity contribution in [1.29, 1.82) is 0 Å². The van der Waals surface area contributed by atoms with E-state index in [2.05, 4.69) is 6.92 Å². The molecule has 0 bridgehead atoms. The highest BCUT2D eigenvalue weighted by Gasteiger charge is 2.43. The number of benzene rings is 2. The van der Waals surface area contributed by atoms with E-state index in [1.165, 1.54) is 0 Å². The van der Waals surface area contributed by atoms with E-state index in [4.69, 9.17) is 20.3 Å². The summed E-state index contributed by atoms with van der Waals surface area (Å²) >= 11 is 6.82. The van der Waals surface area contributed by atoms with Crippen LogP contribution in [-0.4, -0.2) is 6.16 Å². The Morgan fingerprint density at radius 3 is 1.83 bits per heavy atom. The van der Waals surface area contributed by atoms with Crippen LogP contribution in [0.2, 0.25) is 0 Å². The van der Waals surface area contributed by atoms with Crippen LogP contribution in [0.4, 0.5) is 0 Å². The lowest BCUT2D eigenvalue weighted by molar-refractivity contribution is 0.476. The Morgan fingerprint density at radius 1 is 0.870 bits per heavy atom. The van der Waals surface area contributed by atoms with Crippen molar-refractivity contribution in [2.45, 2.75) is 40.0 Å². The molecule has 0 heterocycles. The standard InChI is InChI=1S/C19H25ClO2P/c1-4-5-6-13-23(20,21-18-11-7-9-16(2)14-18)22-19-12-8-10-17(3)15-19/h7-12,14-15H,4-6,13H2,1-3H3/q+1. The maximum Gasteiger partial charge on any atom is 0.459 e. The second kappa shape index (κ2) is 8.57. The molecule has 0 fully saturated rings. The molecule has 0 aliphatic carbocycles. The number of unbranched alkanes of at least 4 members (excludes halogenated alkanes) is 2. The normalized spacial score (nSPS) is 11.3. The van der Waals surface area contributed by atoms with E-state index in [0.717, 1.165) is 48.1 Å². The fraction of sp³-hybridized carbons (Fsp3) is 0.368. The zero-order valence-electron chi connectivity index (χ0n) is 14.1. The minimum Gasteiger partial charge on any atom is -0.291 e. The molecule has 0 unspecified atom stereocenters. The summed E-state index contributed by atoms with van der Waals surface area (Å²) in [6, 6.07) is 15.9. The van der Waals surface area contributed by atoms with Gasteiger partial charge in [-0.25, -0.2) is 0 Å². The van der Waals surface area contributed by atoms with Crippen molar-refractivity contribution in [2.24, 2.45) is 0 Å². The first-order chi connectivity index (χ1) is 11.0. The summed E-state index contributed by atoms with van der Waals surface area (Å²) in [6.45, 7) is 6.26. The lowest BCUT2D eigenvalue weighted by Gasteiger charge is -2.18. The monoisotopic (exact) mass is 351 g/mol. The number of halogens is 1. The number of hydrogen-bond donors (Lipinski definition) is 0. The van der Waals surface area contributed by atoms with Gasteiger partial charge in [0.2, 0.25) is 0 Å². The SMILES string of the molecule is CCCCC[P+](Cl)(Oc1cccc(C)c1)Oc1cccc(C)c1. The molecular formula is C19H25ClO2P+. The molecule has 0 spiro atoms. The Hall–Kier alpha value is -1.24. The van der Waals surface area contributed by atoms with E-state index in [0.29, 0.717) is 0 Å². The molecule has 0 aromatic heterocycles. The van der Waals surface area contributed by atoms with E-state index in [1.807, 2.05) is 62.4 Å². The molecule has 2 nitrogen and oxygen atoms in total. The molecule has 2 aromatic carbocycles. The average Bonchev–Trinajstić information content (AvgIpc) is 2.47.